The van der Waals surface area contributed by atoms with Gasteiger partial charge in [-0.25, -0.2) is 0 Å². The van der Waals surface area contributed by atoms with E-state index in [0.717, 1.165) is 16.7 Å². The van der Waals surface area contributed by atoms with Crippen molar-refractivity contribution >= 4 is 29.0 Å². The van der Waals surface area contributed by atoms with E-state index in [9.17, 15) is 14.4 Å². The molecule has 0 saturated heterocycles. The lowest BCUT2D eigenvalue weighted by Gasteiger charge is -2.26. The smallest absolute Gasteiger partial charge is 0.266 e. The zero-order valence-corrected chi connectivity index (χ0v) is 23.7. The molecule has 10 heteroatoms. The number of carbonyl (C=O) groups is 3. The minimum absolute atomic E-state index is 0.115. The van der Waals surface area contributed by atoms with Gasteiger partial charge in [-0.05, 0) is 24.5 Å². The SMILES string of the molecule is Cc1cccc(Cc2nc(C(=O)[C@H](NC(=O)CN3C(=O)[C@H](N)N=C(c4ccccc4)c4ccccc43)C(C)C)no2)c1. The van der Waals surface area contributed by atoms with Crippen LogP contribution >= 0.6 is 0 Å². The number of rotatable bonds is 9. The molecule has 0 fully saturated rings. The predicted octanol–water partition coefficient (Wildman–Crippen LogP) is 3.46. The Labute approximate surface area is 243 Å². The Kier molecular flexibility index (Phi) is 8.35. The van der Waals surface area contributed by atoms with Gasteiger partial charge in [-0.3, -0.25) is 24.3 Å². The van der Waals surface area contributed by atoms with Crippen molar-refractivity contribution in [2.45, 2.75) is 39.4 Å². The third-order valence-corrected chi connectivity index (χ3v) is 6.98. The number of ketones is 1. The molecule has 2 atom stereocenters. The van der Waals surface area contributed by atoms with Crippen molar-refractivity contribution in [3.63, 3.8) is 0 Å². The second-order valence-corrected chi connectivity index (χ2v) is 10.6. The quantitative estimate of drug-likeness (QED) is 0.296. The maximum atomic E-state index is 13.4. The van der Waals surface area contributed by atoms with E-state index in [2.05, 4.69) is 20.4 Å². The molecule has 3 aromatic carbocycles. The number of benzodiazepines with no additional fused rings is 1. The van der Waals surface area contributed by atoms with E-state index in [1.54, 1.807) is 26.0 Å². The van der Waals surface area contributed by atoms with Crippen molar-refractivity contribution < 1.29 is 18.9 Å². The van der Waals surface area contributed by atoms with Crippen LogP contribution in [0.25, 0.3) is 0 Å². The van der Waals surface area contributed by atoms with Gasteiger partial charge in [0.05, 0.1) is 23.9 Å². The lowest BCUT2D eigenvalue weighted by Crippen LogP contribution is -2.51. The molecular formula is C32H32N6O4. The van der Waals surface area contributed by atoms with Crippen molar-refractivity contribution in [2.24, 2.45) is 16.6 Å². The van der Waals surface area contributed by atoms with Crippen molar-refractivity contribution in [3.8, 4) is 0 Å². The van der Waals surface area contributed by atoms with Gasteiger partial charge in [0.25, 0.3) is 5.91 Å². The molecule has 2 amide bonds. The zero-order chi connectivity index (χ0) is 29.8. The van der Waals surface area contributed by atoms with Crippen LogP contribution in [-0.2, 0) is 16.0 Å². The van der Waals surface area contributed by atoms with E-state index < -0.39 is 29.8 Å². The summed E-state index contributed by atoms with van der Waals surface area (Å²) in [5.41, 5.74) is 10.8. The molecule has 2 heterocycles. The number of nitrogens with two attached hydrogens (primary N) is 1. The summed E-state index contributed by atoms with van der Waals surface area (Å²) in [4.78, 5) is 50.2. The first kappa shape index (κ1) is 28.6. The number of anilines is 1. The summed E-state index contributed by atoms with van der Waals surface area (Å²) in [5.74, 6) is -1.66. The van der Waals surface area contributed by atoms with E-state index in [1.165, 1.54) is 4.90 Å². The molecule has 0 unspecified atom stereocenters. The van der Waals surface area contributed by atoms with Crippen LogP contribution in [-0.4, -0.2) is 52.2 Å². The van der Waals surface area contributed by atoms with Crippen LogP contribution in [0.2, 0.25) is 0 Å². The normalized spacial score (nSPS) is 15.5. The number of nitrogens with zero attached hydrogens (tertiary/aromatic N) is 4. The summed E-state index contributed by atoms with van der Waals surface area (Å²) < 4.78 is 5.34. The Morgan fingerprint density at radius 3 is 2.50 bits per heavy atom. The van der Waals surface area contributed by atoms with Crippen LogP contribution in [0.15, 0.2) is 88.4 Å². The van der Waals surface area contributed by atoms with Gasteiger partial charge in [0, 0.05) is 11.1 Å². The number of aryl methyl sites for hydroxylation is 1. The number of fused-ring (bicyclic) bond motifs is 1. The molecule has 1 aliphatic heterocycles. The monoisotopic (exact) mass is 564 g/mol. The number of aliphatic imine (C=N–C) groups is 1. The van der Waals surface area contributed by atoms with E-state index in [-0.39, 0.29) is 18.3 Å². The Hall–Kier alpha value is -4.96. The fourth-order valence-corrected chi connectivity index (χ4v) is 4.90. The third kappa shape index (κ3) is 6.18. The summed E-state index contributed by atoms with van der Waals surface area (Å²) in [6, 6.07) is 23.5. The van der Waals surface area contributed by atoms with Crippen LogP contribution in [0, 0.1) is 12.8 Å². The number of benzene rings is 3. The summed E-state index contributed by atoms with van der Waals surface area (Å²) in [5, 5.41) is 6.65. The Morgan fingerprint density at radius 2 is 1.76 bits per heavy atom. The number of amides is 2. The minimum atomic E-state index is -1.21. The van der Waals surface area contributed by atoms with E-state index in [1.807, 2.05) is 73.7 Å². The highest BCUT2D eigenvalue weighted by Gasteiger charge is 2.34. The van der Waals surface area contributed by atoms with Gasteiger partial charge >= 0.3 is 0 Å². The largest absolute Gasteiger partial charge is 0.344 e. The van der Waals surface area contributed by atoms with E-state index in [0.29, 0.717) is 29.3 Å². The molecule has 10 nitrogen and oxygen atoms in total. The van der Waals surface area contributed by atoms with Gasteiger partial charge in [-0.15, -0.1) is 0 Å². The van der Waals surface area contributed by atoms with Gasteiger partial charge < -0.3 is 15.6 Å². The Bertz CT molecular complexity index is 1650. The summed E-state index contributed by atoms with van der Waals surface area (Å²) in [6.45, 7) is 5.24. The van der Waals surface area contributed by atoms with Crippen LogP contribution in [0.4, 0.5) is 5.69 Å². The third-order valence-electron chi connectivity index (χ3n) is 6.98. The minimum Gasteiger partial charge on any atom is -0.344 e. The number of nitrogens with one attached hydrogen (secondary N) is 1. The average Bonchev–Trinajstić information content (AvgIpc) is 3.42. The number of carbonyl (C=O) groups excluding carboxylic acids is 3. The fourth-order valence-electron chi connectivity index (χ4n) is 4.90. The average molecular weight is 565 g/mol. The Balaban J connectivity index is 1.34. The molecule has 3 N–H and O–H groups in total. The summed E-state index contributed by atoms with van der Waals surface area (Å²) in [6.07, 6.45) is -0.834. The molecule has 214 valence electrons. The lowest BCUT2D eigenvalue weighted by molar-refractivity contribution is -0.124. The first-order chi connectivity index (χ1) is 20.2. The number of aromatic nitrogens is 2. The molecule has 0 radical (unpaired) electrons. The second kappa shape index (κ2) is 12.3. The highest BCUT2D eigenvalue weighted by Crippen LogP contribution is 2.27. The van der Waals surface area contributed by atoms with Gasteiger partial charge in [0.2, 0.25) is 23.4 Å². The first-order valence-electron chi connectivity index (χ1n) is 13.7. The van der Waals surface area contributed by atoms with E-state index >= 15 is 0 Å². The number of hydrogen-bond donors (Lipinski definition) is 2. The molecule has 0 saturated carbocycles. The maximum Gasteiger partial charge on any atom is 0.266 e. The van der Waals surface area contributed by atoms with Crippen LogP contribution in [0.1, 0.15) is 52.6 Å². The van der Waals surface area contributed by atoms with Crippen molar-refractivity contribution in [1.82, 2.24) is 15.5 Å². The summed E-state index contributed by atoms with van der Waals surface area (Å²) >= 11 is 0. The number of Topliss-reactive ketones (excluding diaryl/α,β-unsaturated/α-hetero) is 1. The number of para-hydroxylation sites is 1. The molecule has 0 spiro atoms. The van der Waals surface area contributed by atoms with Crippen molar-refractivity contribution in [2.75, 3.05) is 11.4 Å². The summed E-state index contributed by atoms with van der Waals surface area (Å²) in [7, 11) is 0. The van der Waals surface area contributed by atoms with Crippen molar-refractivity contribution in [3.05, 3.63) is 113 Å². The van der Waals surface area contributed by atoms with Crippen LogP contribution in [0.5, 0.6) is 0 Å². The highest BCUT2D eigenvalue weighted by atomic mass is 16.5. The zero-order valence-electron chi connectivity index (χ0n) is 23.7. The Morgan fingerprint density at radius 1 is 1.02 bits per heavy atom. The standard InChI is InChI=1S/C32H32N6O4/c1-19(2)27(29(40)31-35-26(42-37-31)17-21-11-9-10-20(3)16-21)34-25(39)18-38-24-15-8-7-14-23(24)28(36-30(33)32(38)41)22-12-5-4-6-13-22/h4-16,19,27,30H,17-18,33H2,1-3H3,(H,34,39)/t27-,30-/m1/s1. The van der Waals surface area contributed by atoms with Crippen molar-refractivity contribution in [1.29, 1.82) is 0 Å². The molecule has 1 aliphatic rings. The van der Waals surface area contributed by atoms with Crippen LogP contribution in [0.3, 0.4) is 0 Å². The van der Waals surface area contributed by atoms with Gasteiger partial charge in [0.15, 0.2) is 6.17 Å². The van der Waals surface area contributed by atoms with Gasteiger partial charge in [-0.1, -0.05) is 97.4 Å². The number of hydrogen-bond acceptors (Lipinski definition) is 8. The topological polar surface area (TPSA) is 144 Å². The molecule has 0 bridgehead atoms. The van der Waals surface area contributed by atoms with Crippen LogP contribution < -0.4 is 16.0 Å². The first-order valence-corrected chi connectivity index (χ1v) is 13.7. The lowest BCUT2D eigenvalue weighted by atomic mass is 9.99. The molecule has 5 rings (SSSR count). The molecule has 4 aromatic rings. The van der Waals surface area contributed by atoms with Gasteiger partial charge in [-0.2, -0.15) is 4.98 Å². The maximum absolute atomic E-state index is 13.4. The molecule has 42 heavy (non-hydrogen) atoms. The predicted molar refractivity (Wildman–Crippen MR) is 158 cm³/mol. The van der Waals surface area contributed by atoms with E-state index in [4.69, 9.17) is 10.3 Å². The molecular weight excluding hydrogens is 532 g/mol. The van der Waals surface area contributed by atoms with Gasteiger partial charge in [0.1, 0.15) is 6.54 Å². The fraction of sp³-hybridized carbons (Fsp3) is 0.250. The highest BCUT2D eigenvalue weighted by molar-refractivity contribution is 6.20. The second-order valence-electron chi connectivity index (χ2n) is 10.6. The molecule has 1 aromatic heterocycles. The molecule has 0 aliphatic carbocycles.